The lowest BCUT2D eigenvalue weighted by Gasteiger charge is -2.35. The molecule has 1 saturated heterocycles. The fourth-order valence-corrected chi connectivity index (χ4v) is 3.65. The van der Waals surface area contributed by atoms with Crippen molar-refractivity contribution in [2.45, 2.75) is 12.5 Å². The van der Waals surface area contributed by atoms with E-state index in [0.29, 0.717) is 6.04 Å². The molecule has 0 aromatic heterocycles. The molecule has 0 saturated carbocycles. The van der Waals surface area contributed by atoms with E-state index in [1.165, 1.54) is 5.56 Å². The van der Waals surface area contributed by atoms with Gasteiger partial charge in [0.15, 0.2) is 0 Å². The molecule has 1 aromatic carbocycles. The fraction of sp³-hybridized carbons (Fsp3) is 0.429. The molecule has 2 rings (SSSR count). The van der Waals surface area contributed by atoms with Gasteiger partial charge in [-0.1, -0.05) is 6.08 Å². The Kier molecular flexibility index (Phi) is 5.45. The lowest BCUT2D eigenvalue weighted by atomic mass is 10.0. The highest BCUT2D eigenvalue weighted by atomic mass is 79.9. The van der Waals surface area contributed by atoms with Gasteiger partial charge >= 0.3 is 0 Å². The van der Waals surface area contributed by atoms with Gasteiger partial charge in [0, 0.05) is 32.2 Å². The zero-order valence-electron chi connectivity index (χ0n) is 10.7. The van der Waals surface area contributed by atoms with Crippen LogP contribution in [0.1, 0.15) is 18.0 Å². The molecule has 1 aliphatic rings. The maximum absolute atomic E-state index is 9.82. The van der Waals surface area contributed by atoms with Gasteiger partial charge in [-0.25, -0.2) is 0 Å². The molecule has 1 heterocycles. The van der Waals surface area contributed by atoms with Crippen LogP contribution in [0.4, 0.5) is 0 Å². The van der Waals surface area contributed by atoms with Crippen LogP contribution in [0.25, 0.3) is 0 Å². The van der Waals surface area contributed by atoms with Gasteiger partial charge in [0.25, 0.3) is 0 Å². The average Bonchev–Trinajstić information content (AvgIpc) is 2.42. The number of benzene rings is 1. The molecule has 1 aromatic rings. The van der Waals surface area contributed by atoms with E-state index in [4.69, 9.17) is 0 Å². The van der Waals surface area contributed by atoms with Crippen molar-refractivity contribution in [1.82, 2.24) is 10.2 Å². The second kappa shape index (κ2) is 6.88. The molecule has 0 unspecified atom stereocenters. The second-order valence-electron chi connectivity index (χ2n) is 4.66. The minimum absolute atomic E-state index is 0.251. The van der Waals surface area contributed by atoms with Crippen LogP contribution < -0.4 is 5.32 Å². The lowest BCUT2D eigenvalue weighted by Crippen LogP contribution is -2.45. The molecule has 0 amide bonds. The van der Waals surface area contributed by atoms with E-state index >= 15 is 0 Å². The summed E-state index contributed by atoms with van der Waals surface area (Å²) >= 11 is 6.81. The summed E-state index contributed by atoms with van der Waals surface area (Å²) in [6.45, 7) is 7.98. The van der Waals surface area contributed by atoms with Crippen LogP contribution in [0.15, 0.2) is 33.7 Å². The Balaban J connectivity index is 2.29. The van der Waals surface area contributed by atoms with Crippen LogP contribution in [-0.2, 0) is 0 Å². The minimum atomic E-state index is 0.251. The summed E-state index contributed by atoms with van der Waals surface area (Å²) in [6.07, 6.45) is 2.87. The first-order valence-corrected chi connectivity index (χ1v) is 7.95. The van der Waals surface area contributed by atoms with Crippen LogP contribution >= 0.6 is 31.9 Å². The van der Waals surface area contributed by atoms with E-state index in [2.05, 4.69) is 48.7 Å². The average molecular weight is 390 g/mol. The van der Waals surface area contributed by atoms with Crippen LogP contribution in [0.5, 0.6) is 5.75 Å². The smallest absolute Gasteiger partial charge is 0.143 e. The number of hydrogen-bond acceptors (Lipinski definition) is 3. The first kappa shape index (κ1) is 15.0. The number of phenols is 1. The van der Waals surface area contributed by atoms with Crippen molar-refractivity contribution in [1.29, 1.82) is 0 Å². The van der Waals surface area contributed by atoms with Gasteiger partial charge in [0.05, 0.1) is 8.95 Å². The maximum Gasteiger partial charge on any atom is 0.143 e. The number of halogens is 2. The summed E-state index contributed by atoms with van der Waals surface area (Å²) < 4.78 is 1.45. The zero-order valence-corrected chi connectivity index (χ0v) is 13.9. The van der Waals surface area contributed by atoms with Crippen LogP contribution in [-0.4, -0.2) is 36.2 Å². The third kappa shape index (κ3) is 3.60. The predicted molar refractivity (Wildman–Crippen MR) is 85.5 cm³/mol. The van der Waals surface area contributed by atoms with Gasteiger partial charge < -0.3 is 10.4 Å². The highest BCUT2D eigenvalue weighted by Gasteiger charge is 2.22. The first-order chi connectivity index (χ1) is 9.13. The van der Waals surface area contributed by atoms with Gasteiger partial charge in [0.1, 0.15) is 5.75 Å². The summed E-state index contributed by atoms with van der Waals surface area (Å²) in [6, 6.07) is 4.31. The van der Waals surface area contributed by atoms with Gasteiger partial charge in [-0.15, -0.1) is 6.58 Å². The Labute approximate surface area is 130 Å². The number of aromatic hydroxyl groups is 1. The number of nitrogens with one attached hydrogen (secondary N) is 1. The third-order valence-corrected chi connectivity index (χ3v) is 4.62. The van der Waals surface area contributed by atoms with E-state index in [1.54, 1.807) is 0 Å². The first-order valence-electron chi connectivity index (χ1n) is 6.37. The van der Waals surface area contributed by atoms with Crippen molar-refractivity contribution in [3.8, 4) is 5.75 Å². The Hall–Kier alpha value is -0.360. The molecule has 2 N–H and O–H groups in total. The van der Waals surface area contributed by atoms with Crippen LogP contribution in [0.2, 0.25) is 0 Å². The summed E-state index contributed by atoms with van der Waals surface area (Å²) in [7, 11) is 0. The van der Waals surface area contributed by atoms with Crippen molar-refractivity contribution in [3.05, 3.63) is 39.3 Å². The van der Waals surface area contributed by atoms with Crippen LogP contribution in [0.3, 0.4) is 0 Å². The summed E-state index contributed by atoms with van der Waals surface area (Å²) in [5.41, 5.74) is 1.19. The second-order valence-corrected chi connectivity index (χ2v) is 6.37. The van der Waals surface area contributed by atoms with Crippen molar-refractivity contribution >= 4 is 31.9 Å². The summed E-state index contributed by atoms with van der Waals surface area (Å²) in [4.78, 5) is 2.46. The van der Waals surface area contributed by atoms with Crippen molar-refractivity contribution in [2.24, 2.45) is 0 Å². The standard InChI is InChI=1S/C14H18Br2N2O/c1-2-3-13(18-6-4-17-5-7-18)10-8-11(15)14(19)12(16)9-10/h2,8-9,13,17,19H,1,3-7H2/t13-/m0/s1. The molecule has 1 aliphatic heterocycles. The topological polar surface area (TPSA) is 35.5 Å². The third-order valence-electron chi connectivity index (χ3n) is 3.41. The molecule has 1 atom stereocenters. The Morgan fingerprint density at radius 1 is 1.32 bits per heavy atom. The molecule has 0 spiro atoms. The predicted octanol–water partition coefficient (Wildman–Crippen LogP) is 3.44. The van der Waals surface area contributed by atoms with E-state index in [1.807, 2.05) is 18.2 Å². The largest absolute Gasteiger partial charge is 0.506 e. The highest BCUT2D eigenvalue weighted by molar-refractivity contribution is 9.11. The number of nitrogens with zero attached hydrogens (tertiary/aromatic N) is 1. The molecule has 0 aliphatic carbocycles. The molecule has 0 radical (unpaired) electrons. The molecule has 0 bridgehead atoms. The minimum Gasteiger partial charge on any atom is -0.506 e. The van der Waals surface area contributed by atoms with Gasteiger partial charge in [-0.2, -0.15) is 0 Å². The number of rotatable bonds is 4. The number of phenolic OH excluding ortho intramolecular Hbond substituents is 1. The SMILES string of the molecule is C=CC[C@@H](c1cc(Br)c(O)c(Br)c1)N1CCNCC1. The lowest BCUT2D eigenvalue weighted by molar-refractivity contribution is 0.174. The van der Waals surface area contributed by atoms with E-state index in [-0.39, 0.29) is 5.75 Å². The van der Waals surface area contributed by atoms with Crippen molar-refractivity contribution in [3.63, 3.8) is 0 Å². The quantitative estimate of drug-likeness (QED) is 0.774. The summed E-state index contributed by atoms with van der Waals surface area (Å²) in [5.74, 6) is 0.251. The fourth-order valence-electron chi connectivity index (χ4n) is 2.43. The van der Waals surface area contributed by atoms with E-state index in [9.17, 15) is 5.11 Å². The normalized spacial score (nSPS) is 18.2. The zero-order chi connectivity index (χ0) is 13.8. The maximum atomic E-state index is 9.82. The molecule has 5 heteroatoms. The van der Waals surface area contributed by atoms with E-state index in [0.717, 1.165) is 41.5 Å². The number of piperazine rings is 1. The molecular formula is C14H18Br2N2O. The molecule has 104 valence electrons. The van der Waals surface area contributed by atoms with Gasteiger partial charge in [-0.05, 0) is 56.0 Å². The Bertz CT molecular complexity index is 436. The van der Waals surface area contributed by atoms with Crippen molar-refractivity contribution < 1.29 is 5.11 Å². The highest BCUT2D eigenvalue weighted by Crippen LogP contribution is 2.37. The Morgan fingerprint density at radius 3 is 2.42 bits per heavy atom. The van der Waals surface area contributed by atoms with Gasteiger partial charge in [-0.3, -0.25) is 4.90 Å². The van der Waals surface area contributed by atoms with E-state index < -0.39 is 0 Å². The monoisotopic (exact) mass is 388 g/mol. The molecular weight excluding hydrogens is 372 g/mol. The summed E-state index contributed by atoms with van der Waals surface area (Å²) in [5, 5.41) is 13.2. The Morgan fingerprint density at radius 2 is 1.89 bits per heavy atom. The molecule has 1 fully saturated rings. The van der Waals surface area contributed by atoms with Crippen LogP contribution in [0, 0.1) is 0 Å². The molecule has 19 heavy (non-hydrogen) atoms. The van der Waals surface area contributed by atoms with Crippen molar-refractivity contribution in [2.75, 3.05) is 26.2 Å². The number of hydrogen-bond donors (Lipinski definition) is 2. The molecule has 3 nitrogen and oxygen atoms in total. The van der Waals surface area contributed by atoms with Gasteiger partial charge in [0.2, 0.25) is 0 Å².